The first-order valence-corrected chi connectivity index (χ1v) is 5.78. The topological polar surface area (TPSA) is 38.3 Å². The molecule has 0 aromatic heterocycles. The van der Waals surface area contributed by atoms with Crippen LogP contribution in [0.1, 0.15) is 46.5 Å². The Bertz CT molecular complexity index is 226. The first-order valence-electron chi connectivity index (χ1n) is 5.78. The zero-order valence-electron chi connectivity index (χ0n) is 10.3. The van der Waals surface area contributed by atoms with Crippen LogP contribution in [-0.4, -0.2) is 25.2 Å². The number of hydrogen-bond acceptors (Lipinski definition) is 3. The molecule has 1 saturated carbocycles. The highest BCUT2D eigenvalue weighted by Gasteiger charge is 2.29. The fraction of sp³-hybridized carbons (Fsp3) is 0.917. The van der Waals surface area contributed by atoms with Gasteiger partial charge in [-0.2, -0.15) is 0 Å². The number of rotatable bonds is 3. The minimum absolute atomic E-state index is 0.168. The van der Waals surface area contributed by atoms with Gasteiger partial charge in [0.2, 0.25) is 0 Å². The van der Waals surface area contributed by atoms with Crippen LogP contribution in [0.15, 0.2) is 0 Å². The van der Waals surface area contributed by atoms with Gasteiger partial charge in [-0.3, -0.25) is 4.79 Å². The van der Waals surface area contributed by atoms with Gasteiger partial charge in [-0.05, 0) is 31.6 Å². The van der Waals surface area contributed by atoms with E-state index in [9.17, 15) is 4.79 Å². The van der Waals surface area contributed by atoms with Gasteiger partial charge in [0.15, 0.2) is 0 Å². The van der Waals surface area contributed by atoms with Crippen LogP contribution in [0, 0.1) is 5.41 Å². The van der Waals surface area contributed by atoms with Crippen molar-refractivity contribution in [1.29, 1.82) is 0 Å². The molecule has 0 aromatic carbocycles. The Morgan fingerprint density at radius 2 is 2.20 bits per heavy atom. The molecular formula is C12H23NO2. The van der Waals surface area contributed by atoms with E-state index >= 15 is 0 Å². The molecule has 0 aromatic rings. The second kappa shape index (κ2) is 4.97. The van der Waals surface area contributed by atoms with E-state index in [2.05, 4.69) is 19.2 Å². The van der Waals surface area contributed by atoms with Crippen molar-refractivity contribution in [2.75, 3.05) is 7.11 Å². The average molecular weight is 213 g/mol. The molecule has 0 radical (unpaired) electrons. The first-order chi connectivity index (χ1) is 6.94. The Morgan fingerprint density at radius 1 is 1.53 bits per heavy atom. The summed E-state index contributed by atoms with van der Waals surface area (Å²) < 4.78 is 4.70. The van der Waals surface area contributed by atoms with Gasteiger partial charge in [-0.15, -0.1) is 0 Å². The van der Waals surface area contributed by atoms with Crippen LogP contribution in [0.3, 0.4) is 0 Å². The highest BCUT2D eigenvalue weighted by atomic mass is 16.5. The second-order valence-corrected chi connectivity index (χ2v) is 5.37. The number of esters is 1. The lowest BCUT2D eigenvalue weighted by Crippen LogP contribution is -2.45. The van der Waals surface area contributed by atoms with E-state index in [-0.39, 0.29) is 12.0 Å². The fourth-order valence-electron chi connectivity index (χ4n) is 2.44. The minimum Gasteiger partial charge on any atom is -0.468 e. The number of hydrogen-bond donors (Lipinski definition) is 1. The molecule has 0 aliphatic heterocycles. The summed E-state index contributed by atoms with van der Waals surface area (Å²) in [5.74, 6) is -0.168. The van der Waals surface area contributed by atoms with Crippen LogP contribution in [0.5, 0.6) is 0 Å². The van der Waals surface area contributed by atoms with Crippen molar-refractivity contribution < 1.29 is 9.53 Å². The molecule has 0 amide bonds. The molecule has 0 saturated heterocycles. The third-order valence-corrected chi connectivity index (χ3v) is 3.25. The van der Waals surface area contributed by atoms with Crippen molar-refractivity contribution >= 4 is 5.97 Å². The van der Waals surface area contributed by atoms with Crippen molar-refractivity contribution in [3.05, 3.63) is 0 Å². The fourth-order valence-corrected chi connectivity index (χ4v) is 2.44. The molecule has 1 aliphatic carbocycles. The predicted octanol–water partition coefficient (Wildman–Crippen LogP) is 2.11. The number of nitrogens with one attached hydrogen (secondary N) is 1. The lowest BCUT2D eigenvalue weighted by atomic mass is 9.75. The monoisotopic (exact) mass is 213 g/mol. The number of methoxy groups -OCH3 is 1. The van der Waals surface area contributed by atoms with Crippen LogP contribution in [0.25, 0.3) is 0 Å². The first kappa shape index (κ1) is 12.5. The summed E-state index contributed by atoms with van der Waals surface area (Å²) in [5.41, 5.74) is 0.408. The van der Waals surface area contributed by atoms with E-state index in [0.29, 0.717) is 11.5 Å². The second-order valence-electron chi connectivity index (χ2n) is 5.37. The van der Waals surface area contributed by atoms with Crippen molar-refractivity contribution in [3.8, 4) is 0 Å². The van der Waals surface area contributed by atoms with Gasteiger partial charge in [-0.25, -0.2) is 0 Å². The van der Waals surface area contributed by atoms with Crippen LogP contribution in [-0.2, 0) is 9.53 Å². The Balaban J connectivity index is 2.41. The minimum atomic E-state index is -0.186. The Labute approximate surface area is 92.6 Å². The molecule has 3 nitrogen and oxygen atoms in total. The van der Waals surface area contributed by atoms with Gasteiger partial charge in [0.05, 0.1) is 7.11 Å². The molecule has 1 rings (SSSR count). The molecule has 1 N–H and O–H groups in total. The molecule has 0 heterocycles. The molecule has 1 fully saturated rings. The van der Waals surface area contributed by atoms with Gasteiger partial charge in [0.1, 0.15) is 6.04 Å². The Kier molecular flexibility index (Phi) is 4.14. The summed E-state index contributed by atoms with van der Waals surface area (Å²) in [7, 11) is 1.44. The quantitative estimate of drug-likeness (QED) is 0.730. The average Bonchev–Trinajstić information content (AvgIpc) is 2.14. The number of carbonyl (C=O) groups is 1. The maximum atomic E-state index is 11.3. The molecule has 1 aliphatic rings. The smallest absolute Gasteiger partial charge is 0.322 e. The molecule has 0 spiro atoms. The summed E-state index contributed by atoms with van der Waals surface area (Å²) in [6.07, 6.45) is 4.86. The van der Waals surface area contributed by atoms with E-state index in [1.54, 1.807) is 0 Å². The van der Waals surface area contributed by atoms with Gasteiger partial charge < -0.3 is 10.1 Å². The lowest BCUT2D eigenvalue weighted by molar-refractivity contribution is -0.143. The summed E-state index contributed by atoms with van der Waals surface area (Å²) >= 11 is 0. The number of carbonyl (C=O) groups excluding carboxylic acids is 1. The van der Waals surface area contributed by atoms with Crippen LogP contribution in [0.2, 0.25) is 0 Å². The van der Waals surface area contributed by atoms with Crippen LogP contribution < -0.4 is 5.32 Å². The third-order valence-electron chi connectivity index (χ3n) is 3.25. The zero-order chi connectivity index (χ0) is 11.5. The highest BCUT2D eigenvalue weighted by Crippen LogP contribution is 2.35. The van der Waals surface area contributed by atoms with Gasteiger partial charge >= 0.3 is 5.97 Å². The molecule has 1 unspecified atom stereocenters. The molecule has 3 heteroatoms. The SMILES string of the molecule is COC(=O)[C@H](C)NC1CCCC(C)(C)C1. The van der Waals surface area contributed by atoms with E-state index in [0.717, 1.165) is 6.42 Å². The van der Waals surface area contributed by atoms with Gasteiger partial charge in [0.25, 0.3) is 0 Å². The molecule has 88 valence electrons. The van der Waals surface area contributed by atoms with Crippen molar-refractivity contribution in [2.45, 2.75) is 58.5 Å². The van der Waals surface area contributed by atoms with Crippen molar-refractivity contribution in [1.82, 2.24) is 5.32 Å². The Morgan fingerprint density at radius 3 is 2.73 bits per heavy atom. The zero-order valence-corrected chi connectivity index (χ0v) is 10.3. The lowest BCUT2D eigenvalue weighted by Gasteiger charge is -2.36. The van der Waals surface area contributed by atoms with E-state index in [1.165, 1.54) is 26.4 Å². The van der Waals surface area contributed by atoms with E-state index < -0.39 is 0 Å². The number of ether oxygens (including phenoxy) is 1. The standard InChI is InChI=1S/C12H23NO2/c1-9(11(14)15-4)13-10-6-5-7-12(2,3)8-10/h9-10,13H,5-8H2,1-4H3/t9-,10?/m0/s1. The normalized spacial score (nSPS) is 27.1. The van der Waals surface area contributed by atoms with Crippen molar-refractivity contribution in [3.63, 3.8) is 0 Å². The maximum Gasteiger partial charge on any atom is 0.322 e. The molecular weight excluding hydrogens is 190 g/mol. The summed E-state index contributed by atoms with van der Waals surface area (Å²) in [6.45, 7) is 6.46. The van der Waals surface area contributed by atoms with E-state index in [1.807, 2.05) is 6.92 Å². The molecule has 15 heavy (non-hydrogen) atoms. The van der Waals surface area contributed by atoms with Crippen LogP contribution in [0.4, 0.5) is 0 Å². The van der Waals surface area contributed by atoms with Crippen molar-refractivity contribution in [2.24, 2.45) is 5.41 Å². The van der Waals surface area contributed by atoms with Crippen LogP contribution >= 0.6 is 0 Å². The Hall–Kier alpha value is -0.570. The predicted molar refractivity (Wildman–Crippen MR) is 60.7 cm³/mol. The molecule has 2 atom stereocenters. The van der Waals surface area contributed by atoms with Gasteiger partial charge in [-0.1, -0.05) is 20.3 Å². The largest absolute Gasteiger partial charge is 0.468 e. The van der Waals surface area contributed by atoms with E-state index in [4.69, 9.17) is 4.74 Å². The molecule has 0 bridgehead atoms. The summed E-state index contributed by atoms with van der Waals surface area (Å²) in [6, 6.07) is 0.275. The highest BCUT2D eigenvalue weighted by molar-refractivity contribution is 5.75. The van der Waals surface area contributed by atoms with Gasteiger partial charge in [0, 0.05) is 6.04 Å². The maximum absolute atomic E-state index is 11.3. The summed E-state index contributed by atoms with van der Waals surface area (Å²) in [5, 5.41) is 3.35. The summed E-state index contributed by atoms with van der Waals surface area (Å²) in [4.78, 5) is 11.3. The third kappa shape index (κ3) is 3.82.